The number of nitrogens with one attached hydrogen (secondary N) is 2. The van der Waals surface area contributed by atoms with Crippen LogP contribution in [0.4, 0.5) is 16.2 Å². The van der Waals surface area contributed by atoms with Crippen molar-refractivity contribution in [2.75, 3.05) is 29.9 Å². The van der Waals surface area contributed by atoms with Gasteiger partial charge in [0.1, 0.15) is 0 Å². The summed E-state index contributed by atoms with van der Waals surface area (Å²) in [5.41, 5.74) is 2.09. The van der Waals surface area contributed by atoms with Crippen LogP contribution in [-0.4, -0.2) is 25.7 Å². The first-order chi connectivity index (χ1) is 9.79. The van der Waals surface area contributed by atoms with E-state index >= 15 is 0 Å². The number of urea groups is 1. The van der Waals surface area contributed by atoms with E-state index in [-0.39, 0.29) is 6.03 Å². The van der Waals surface area contributed by atoms with E-state index < -0.39 is 0 Å². The van der Waals surface area contributed by atoms with E-state index in [1.165, 1.54) is 24.9 Å². The molecule has 0 spiro atoms. The molecule has 2 amide bonds. The number of nitrogens with zero attached hydrogens (tertiary/aromatic N) is 1. The highest BCUT2D eigenvalue weighted by atomic mass is 16.2. The Labute approximate surface area is 121 Å². The molecule has 1 fully saturated rings. The van der Waals surface area contributed by atoms with Gasteiger partial charge in [0, 0.05) is 31.0 Å². The van der Waals surface area contributed by atoms with Crippen LogP contribution in [0.25, 0.3) is 0 Å². The van der Waals surface area contributed by atoms with Crippen LogP contribution in [0.1, 0.15) is 39.0 Å². The molecule has 0 radical (unpaired) electrons. The first-order valence-electron chi connectivity index (χ1n) is 7.69. The summed E-state index contributed by atoms with van der Waals surface area (Å²) in [5.74, 6) is 0. The van der Waals surface area contributed by atoms with Gasteiger partial charge in [-0.1, -0.05) is 19.8 Å². The Bertz CT molecular complexity index is 410. The number of rotatable bonds is 6. The molecular formula is C16H25N3O. The van der Waals surface area contributed by atoms with Crippen LogP contribution in [0.2, 0.25) is 0 Å². The lowest BCUT2D eigenvalue weighted by Crippen LogP contribution is -2.29. The van der Waals surface area contributed by atoms with Gasteiger partial charge in [0.05, 0.1) is 0 Å². The fraction of sp³-hybridized carbons (Fsp3) is 0.562. The first kappa shape index (κ1) is 14.7. The third-order valence-corrected chi connectivity index (χ3v) is 3.66. The zero-order valence-corrected chi connectivity index (χ0v) is 12.3. The van der Waals surface area contributed by atoms with Gasteiger partial charge in [-0.2, -0.15) is 0 Å². The van der Waals surface area contributed by atoms with Crippen molar-refractivity contribution in [1.29, 1.82) is 0 Å². The van der Waals surface area contributed by atoms with Crippen molar-refractivity contribution < 1.29 is 4.79 Å². The van der Waals surface area contributed by atoms with Crippen LogP contribution in [0.3, 0.4) is 0 Å². The van der Waals surface area contributed by atoms with E-state index in [0.29, 0.717) is 0 Å². The predicted molar refractivity (Wildman–Crippen MR) is 84.4 cm³/mol. The van der Waals surface area contributed by atoms with Crippen molar-refractivity contribution in [2.45, 2.75) is 39.0 Å². The lowest BCUT2D eigenvalue weighted by Gasteiger charge is -2.17. The minimum Gasteiger partial charge on any atom is -0.372 e. The van der Waals surface area contributed by atoms with Crippen molar-refractivity contribution in [2.24, 2.45) is 0 Å². The zero-order chi connectivity index (χ0) is 14.2. The maximum absolute atomic E-state index is 11.7. The second kappa shape index (κ2) is 7.78. The molecule has 4 nitrogen and oxygen atoms in total. The third kappa shape index (κ3) is 4.44. The van der Waals surface area contributed by atoms with E-state index in [9.17, 15) is 4.79 Å². The number of hydrogen-bond acceptors (Lipinski definition) is 2. The standard InChI is InChI=1S/C16H25N3O/c1-2-3-4-11-17-16(20)18-14-7-9-15(10-8-14)19-12-5-6-13-19/h7-10H,2-6,11-13H2,1H3,(H2,17,18,20). The van der Waals surface area contributed by atoms with E-state index in [4.69, 9.17) is 0 Å². The van der Waals surface area contributed by atoms with Crippen molar-refractivity contribution >= 4 is 17.4 Å². The molecule has 1 saturated heterocycles. The van der Waals surface area contributed by atoms with E-state index in [0.717, 1.165) is 38.2 Å². The lowest BCUT2D eigenvalue weighted by atomic mass is 10.2. The minimum absolute atomic E-state index is 0.116. The largest absolute Gasteiger partial charge is 0.372 e. The Balaban J connectivity index is 1.76. The molecule has 4 heteroatoms. The highest BCUT2D eigenvalue weighted by Crippen LogP contribution is 2.21. The van der Waals surface area contributed by atoms with Gasteiger partial charge >= 0.3 is 6.03 Å². The lowest BCUT2D eigenvalue weighted by molar-refractivity contribution is 0.252. The highest BCUT2D eigenvalue weighted by Gasteiger charge is 2.11. The molecule has 1 aliphatic rings. The molecule has 0 aromatic heterocycles. The maximum Gasteiger partial charge on any atom is 0.319 e. The Hall–Kier alpha value is -1.71. The van der Waals surface area contributed by atoms with Crippen LogP contribution in [-0.2, 0) is 0 Å². The van der Waals surface area contributed by atoms with E-state index in [2.05, 4.69) is 34.6 Å². The molecule has 1 aromatic carbocycles. The first-order valence-corrected chi connectivity index (χ1v) is 7.69. The zero-order valence-electron chi connectivity index (χ0n) is 12.3. The second-order valence-corrected chi connectivity index (χ2v) is 5.33. The van der Waals surface area contributed by atoms with Gasteiger partial charge in [-0.15, -0.1) is 0 Å². The molecule has 0 aliphatic carbocycles. The molecule has 0 bridgehead atoms. The van der Waals surface area contributed by atoms with Gasteiger partial charge in [-0.3, -0.25) is 0 Å². The molecule has 1 heterocycles. The predicted octanol–water partition coefficient (Wildman–Crippen LogP) is 3.60. The molecule has 0 atom stereocenters. The smallest absolute Gasteiger partial charge is 0.319 e. The maximum atomic E-state index is 11.7. The summed E-state index contributed by atoms with van der Waals surface area (Å²) >= 11 is 0. The fourth-order valence-corrected chi connectivity index (χ4v) is 2.48. The molecule has 20 heavy (non-hydrogen) atoms. The van der Waals surface area contributed by atoms with Crippen LogP contribution >= 0.6 is 0 Å². The number of carbonyl (C=O) groups excluding carboxylic acids is 1. The minimum atomic E-state index is -0.116. The van der Waals surface area contributed by atoms with Crippen molar-refractivity contribution in [3.63, 3.8) is 0 Å². The SMILES string of the molecule is CCCCCNC(=O)Nc1ccc(N2CCCC2)cc1. The van der Waals surface area contributed by atoms with Gasteiger partial charge in [0.25, 0.3) is 0 Å². The normalized spacial score (nSPS) is 14.3. The molecule has 0 unspecified atom stereocenters. The molecule has 1 aromatic rings. The van der Waals surface area contributed by atoms with Crippen molar-refractivity contribution in [1.82, 2.24) is 5.32 Å². The summed E-state index contributed by atoms with van der Waals surface area (Å²) in [6.07, 6.45) is 5.92. The number of carbonyl (C=O) groups is 1. The van der Waals surface area contributed by atoms with Crippen molar-refractivity contribution in [3.05, 3.63) is 24.3 Å². The van der Waals surface area contributed by atoms with Crippen LogP contribution in [0, 0.1) is 0 Å². The average molecular weight is 275 g/mol. The summed E-state index contributed by atoms with van der Waals surface area (Å²) in [5, 5.41) is 5.74. The van der Waals surface area contributed by atoms with Crippen LogP contribution in [0.15, 0.2) is 24.3 Å². The Morgan fingerprint density at radius 2 is 1.85 bits per heavy atom. The molecule has 2 N–H and O–H groups in total. The third-order valence-electron chi connectivity index (χ3n) is 3.66. The van der Waals surface area contributed by atoms with Crippen molar-refractivity contribution in [3.8, 4) is 0 Å². The number of hydrogen-bond donors (Lipinski definition) is 2. The number of amides is 2. The molecule has 1 aliphatic heterocycles. The Morgan fingerprint density at radius 1 is 1.15 bits per heavy atom. The number of unbranched alkanes of at least 4 members (excludes halogenated alkanes) is 2. The van der Waals surface area contributed by atoms with E-state index in [1.807, 2.05) is 12.1 Å². The summed E-state index contributed by atoms with van der Waals surface area (Å²) < 4.78 is 0. The van der Waals surface area contributed by atoms with Gasteiger partial charge in [-0.05, 0) is 43.5 Å². The average Bonchev–Trinajstić information content (AvgIpc) is 2.99. The van der Waals surface area contributed by atoms with Crippen LogP contribution in [0.5, 0.6) is 0 Å². The quantitative estimate of drug-likeness (QED) is 0.779. The van der Waals surface area contributed by atoms with Gasteiger partial charge < -0.3 is 15.5 Å². The molecular weight excluding hydrogens is 250 g/mol. The van der Waals surface area contributed by atoms with Crippen LogP contribution < -0.4 is 15.5 Å². The topological polar surface area (TPSA) is 44.4 Å². The second-order valence-electron chi connectivity index (χ2n) is 5.33. The Morgan fingerprint density at radius 3 is 2.50 bits per heavy atom. The summed E-state index contributed by atoms with van der Waals surface area (Å²) in [7, 11) is 0. The number of anilines is 2. The Kier molecular flexibility index (Phi) is 5.71. The number of benzene rings is 1. The van der Waals surface area contributed by atoms with E-state index in [1.54, 1.807) is 0 Å². The van der Waals surface area contributed by atoms with Gasteiger partial charge in [0.2, 0.25) is 0 Å². The fourth-order valence-electron chi connectivity index (χ4n) is 2.48. The monoisotopic (exact) mass is 275 g/mol. The van der Waals surface area contributed by atoms with Gasteiger partial charge in [0.15, 0.2) is 0 Å². The molecule has 0 saturated carbocycles. The summed E-state index contributed by atoms with van der Waals surface area (Å²) in [4.78, 5) is 14.1. The molecule has 110 valence electrons. The highest BCUT2D eigenvalue weighted by molar-refractivity contribution is 5.89. The summed E-state index contributed by atoms with van der Waals surface area (Å²) in [6.45, 7) is 5.18. The van der Waals surface area contributed by atoms with Gasteiger partial charge in [-0.25, -0.2) is 4.79 Å². The molecule has 2 rings (SSSR count). The summed E-state index contributed by atoms with van der Waals surface area (Å²) in [6, 6.07) is 7.99.